The highest BCUT2D eigenvalue weighted by Gasteiger charge is 2.16. The average Bonchev–Trinajstić information content (AvgIpc) is 3.35. The minimum absolute atomic E-state index is 0.253. The summed E-state index contributed by atoms with van der Waals surface area (Å²) in [6, 6.07) is 0. The zero-order valence-corrected chi connectivity index (χ0v) is 24.0. The topological polar surface area (TPSA) is 78.3 Å². The van der Waals surface area contributed by atoms with Crippen LogP contribution in [-0.4, -0.2) is 18.2 Å². The number of phosphoric ester groups is 1. The first-order chi connectivity index (χ1) is 16.3. The van der Waals surface area contributed by atoms with Crippen molar-refractivity contribution in [2.75, 3.05) is 13.2 Å². The summed E-state index contributed by atoms with van der Waals surface area (Å²) < 4.78 is 24.2. The molecular formula is C27H55N2O4P. The maximum Gasteiger partial charge on any atom is 0.267 e. The largest absolute Gasteiger partial charge is 0.756 e. The third-order valence-corrected chi connectivity index (χ3v) is 7.57. The maximum absolute atomic E-state index is 11.8. The SMILES string of the molecule is CCCCC(CC)COP(=O)([O-])OCC(CC)CCCC.CCCCC(CC)C[n+]1cc[nH]c1. The van der Waals surface area contributed by atoms with Gasteiger partial charge < -0.3 is 13.9 Å². The molecule has 0 aliphatic heterocycles. The molecule has 6 nitrogen and oxygen atoms in total. The zero-order valence-electron chi connectivity index (χ0n) is 23.1. The third kappa shape index (κ3) is 17.7. The molecule has 0 radical (unpaired) electrons. The number of nitrogens with zero attached hydrogens (tertiary/aromatic N) is 1. The normalized spacial score (nSPS) is 15.7. The zero-order chi connectivity index (χ0) is 25.7. The summed E-state index contributed by atoms with van der Waals surface area (Å²) >= 11 is 0. The number of aromatic nitrogens is 2. The minimum Gasteiger partial charge on any atom is -0.756 e. The van der Waals surface area contributed by atoms with Crippen molar-refractivity contribution >= 4 is 7.82 Å². The lowest BCUT2D eigenvalue weighted by Crippen LogP contribution is -2.34. The van der Waals surface area contributed by atoms with Crippen LogP contribution < -0.4 is 9.46 Å². The van der Waals surface area contributed by atoms with E-state index in [4.69, 9.17) is 9.05 Å². The summed E-state index contributed by atoms with van der Waals surface area (Å²) in [4.78, 5) is 14.9. The fourth-order valence-electron chi connectivity index (χ4n) is 3.88. The van der Waals surface area contributed by atoms with Gasteiger partial charge in [-0.2, -0.15) is 0 Å². The first-order valence-electron chi connectivity index (χ1n) is 14.0. The van der Waals surface area contributed by atoms with E-state index < -0.39 is 7.82 Å². The second-order valence-electron chi connectivity index (χ2n) is 9.60. The van der Waals surface area contributed by atoms with Gasteiger partial charge in [0.25, 0.3) is 7.82 Å². The van der Waals surface area contributed by atoms with Gasteiger partial charge in [0.2, 0.25) is 6.33 Å². The van der Waals surface area contributed by atoms with E-state index in [0.717, 1.165) is 57.3 Å². The van der Waals surface area contributed by atoms with E-state index in [2.05, 4.69) is 57.3 Å². The van der Waals surface area contributed by atoms with E-state index in [1.165, 1.54) is 32.2 Å². The lowest BCUT2D eigenvalue weighted by Gasteiger charge is -2.27. The smallest absolute Gasteiger partial charge is 0.267 e. The molecule has 0 fully saturated rings. The van der Waals surface area contributed by atoms with Gasteiger partial charge in [0.05, 0.1) is 19.8 Å². The monoisotopic (exact) mass is 502 g/mol. The standard InChI is InChI=1S/C16H35O4P.C11H20N2/c1-5-9-11-15(7-3)13-19-21(17,18)20-14-16(8-4)12-10-6-2;1-3-5-6-11(4-2)9-13-8-7-12-10-13/h15-16H,5-14H2,1-4H3,(H,17,18);7-8,10-11H,3-6,9H2,1-2H3. The number of imidazole rings is 1. The van der Waals surface area contributed by atoms with Gasteiger partial charge in [0.1, 0.15) is 12.4 Å². The maximum atomic E-state index is 11.8. The van der Waals surface area contributed by atoms with Crippen LogP contribution in [0.25, 0.3) is 0 Å². The van der Waals surface area contributed by atoms with E-state index in [-0.39, 0.29) is 13.2 Å². The fourth-order valence-corrected chi connectivity index (χ4v) is 4.74. The summed E-state index contributed by atoms with van der Waals surface area (Å²) in [5.41, 5.74) is 0. The molecule has 0 aliphatic rings. The van der Waals surface area contributed by atoms with Gasteiger partial charge in [-0.3, -0.25) is 9.55 Å². The molecule has 1 aromatic rings. The Morgan fingerprint density at radius 2 is 1.24 bits per heavy atom. The van der Waals surface area contributed by atoms with Crippen molar-refractivity contribution in [2.24, 2.45) is 17.8 Å². The van der Waals surface area contributed by atoms with Crippen LogP contribution in [0.5, 0.6) is 0 Å². The molecule has 0 spiro atoms. The summed E-state index contributed by atoms with van der Waals surface area (Å²) in [6.07, 6.45) is 19.8. The third-order valence-electron chi connectivity index (χ3n) is 6.64. The number of phosphoric acid groups is 1. The van der Waals surface area contributed by atoms with E-state index >= 15 is 0 Å². The van der Waals surface area contributed by atoms with E-state index in [9.17, 15) is 9.46 Å². The molecule has 1 N–H and O–H groups in total. The van der Waals surface area contributed by atoms with Crippen molar-refractivity contribution in [1.29, 1.82) is 0 Å². The molecule has 0 aromatic carbocycles. The number of hydrogen-bond donors (Lipinski definition) is 1. The Morgan fingerprint density at radius 1 is 0.794 bits per heavy atom. The molecule has 0 saturated heterocycles. The van der Waals surface area contributed by atoms with Gasteiger partial charge in [-0.25, -0.2) is 4.57 Å². The van der Waals surface area contributed by atoms with Crippen LogP contribution >= 0.6 is 7.82 Å². The number of aromatic amines is 1. The van der Waals surface area contributed by atoms with Crippen LogP contribution in [0.4, 0.5) is 0 Å². The Balaban J connectivity index is 0.000000712. The summed E-state index contributed by atoms with van der Waals surface area (Å²) in [6.45, 7) is 14.6. The second kappa shape index (κ2) is 21.6. The first kappa shape index (κ1) is 33.3. The van der Waals surface area contributed by atoms with Crippen molar-refractivity contribution in [3.05, 3.63) is 18.7 Å². The van der Waals surface area contributed by atoms with Crippen LogP contribution in [0.1, 0.15) is 119 Å². The van der Waals surface area contributed by atoms with Crippen LogP contribution in [0.2, 0.25) is 0 Å². The fraction of sp³-hybridized carbons (Fsp3) is 0.889. The second-order valence-corrected chi connectivity index (χ2v) is 11.0. The van der Waals surface area contributed by atoms with Crippen LogP contribution in [0.15, 0.2) is 18.7 Å². The van der Waals surface area contributed by atoms with Gasteiger partial charge in [0.15, 0.2) is 0 Å². The molecule has 1 rings (SSSR count). The molecule has 0 saturated carbocycles. The molecule has 34 heavy (non-hydrogen) atoms. The van der Waals surface area contributed by atoms with Crippen molar-refractivity contribution in [1.82, 2.24) is 4.98 Å². The van der Waals surface area contributed by atoms with Gasteiger partial charge in [-0.05, 0) is 43.4 Å². The number of unbranched alkanes of at least 4 members (excludes halogenated alkanes) is 3. The summed E-state index contributed by atoms with van der Waals surface area (Å²) in [7, 11) is -4.14. The van der Waals surface area contributed by atoms with Gasteiger partial charge in [-0.1, -0.05) is 92.9 Å². The molecule has 1 aromatic heterocycles. The van der Waals surface area contributed by atoms with Crippen molar-refractivity contribution in [3.63, 3.8) is 0 Å². The number of rotatable bonds is 20. The molecule has 3 atom stereocenters. The Kier molecular flexibility index (Phi) is 21.2. The predicted molar refractivity (Wildman–Crippen MR) is 140 cm³/mol. The lowest BCUT2D eigenvalue weighted by atomic mass is 9.99. The highest BCUT2D eigenvalue weighted by Crippen LogP contribution is 2.40. The number of nitrogens with one attached hydrogen (secondary N) is 1. The number of hydrogen-bond acceptors (Lipinski definition) is 4. The van der Waals surface area contributed by atoms with Crippen molar-refractivity contribution in [2.45, 2.75) is 125 Å². The van der Waals surface area contributed by atoms with E-state index in [1.807, 2.05) is 12.5 Å². The highest BCUT2D eigenvalue weighted by molar-refractivity contribution is 7.45. The molecule has 7 heteroatoms. The molecular weight excluding hydrogens is 447 g/mol. The van der Waals surface area contributed by atoms with Gasteiger partial charge >= 0.3 is 0 Å². The van der Waals surface area contributed by atoms with Gasteiger partial charge in [-0.15, -0.1) is 0 Å². The van der Waals surface area contributed by atoms with Crippen LogP contribution in [0.3, 0.4) is 0 Å². The van der Waals surface area contributed by atoms with Gasteiger partial charge in [0, 0.05) is 0 Å². The molecule has 202 valence electrons. The van der Waals surface area contributed by atoms with Crippen LogP contribution in [0, 0.1) is 17.8 Å². The molecule has 3 unspecified atom stereocenters. The minimum atomic E-state index is -4.14. The first-order valence-corrected chi connectivity index (χ1v) is 15.4. The quantitative estimate of drug-likeness (QED) is 0.148. The van der Waals surface area contributed by atoms with Crippen molar-refractivity contribution < 1.29 is 23.1 Å². The highest BCUT2D eigenvalue weighted by atomic mass is 31.2. The molecule has 1 heterocycles. The lowest BCUT2D eigenvalue weighted by molar-refractivity contribution is -0.702. The van der Waals surface area contributed by atoms with E-state index in [1.54, 1.807) is 0 Å². The Bertz CT molecular complexity index is 573. The Hall–Kier alpha value is -0.680. The van der Waals surface area contributed by atoms with Crippen LogP contribution in [-0.2, 0) is 20.2 Å². The summed E-state index contributed by atoms with van der Waals surface area (Å²) in [5.74, 6) is 1.46. The van der Waals surface area contributed by atoms with E-state index in [0.29, 0.717) is 11.8 Å². The Morgan fingerprint density at radius 3 is 1.59 bits per heavy atom. The predicted octanol–water partition coefficient (Wildman–Crippen LogP) is 7.44. The number of H-pyrrole nitrogens is 1. The Labute approximate surface area is 210 Å². The molecule has 0 aliphatic carbocycles. The molecule has 0 amide bonds. The summed E-state index contributed by atoms with van der Waals surface area (Å²) in [5, 5.41) is 0. The van der Waals surface area contributed by atoms with Crippen molar-refractivity contribution in [3.8, 4) is 0 Å². The average molecular weight is 503 g/mol. The molecule has 0 bridgehead atoms.